The van der Waals surface area contributed by atoms with E-state index in [0.717, 1.165) is 93.9 Å². The van der Waals surface area contributed by atoms with Crippen LogP contribution in [0.25, 0.3) is 98.1 Å². The van der Waals surface area contributed by atoms with E-state index in [2.05, 4.69) is 111 Å². The Bertz CT molecular complexity index is 3730. The Morgan fingerprint density at radius 1 is 0.443 bits per heavy atom. The fraction of sp³-hybridized carbons (Fsp3) is 0.0185. The summed E-state index contributed by atoms with van der Waals surface area (Å²) in [4.78, 5) is 7.29. The Morgan fingerprint density at radius 2 is 1.02 bits per heavy atom. The van der Waals surface area contributed by atoms with E-state index in [0.29, 0.717) is 28.1 Å². The van der Waals surface area contributed by atoms with Crippen LogP contribution < -0.4 is 0 Å². The Morgan fingerprint density at radius 3 is 1.64 bits per heavy atom. The molecule has 7 heteroatoms. The number of nitrogens with zero attached hydrogens (tertiary/aromatic N) is 7. The van der Waals surface area contributed by atoms with Crippen molar-refractivity contribution < 1.29 is 0 Å². The molecule has 0 aliphatic rings. The van der Waals surface area contributed by atoms with E-state index < -0.39 is 0 Å². The second-order valence-corrected chi connectivity index (χ2v) is 14.9. The van der Waals surface area contributed by atoms with Crippen molar-refractivity contribution in [2.75, 3.05) is 0 Å². The summed E-state index contributed by atoms with van der Waals surface area (Å²) in [5.41, 5.74) is 14.3. The minimum absolute atomic E-state index is 0.419. The van der Waals surface area contributed by atoms with Crippen LogP contribution in [0.15, 0.2) is 158 Å². The van der Waals surface area contributed by atoms with Crippen molar-refractivity contribution in [2.24, 2.45) is 0 Å². The van der Waals surface area contributed by atoms with E-state index in [1.807, 2.05) is 66.7 Å². The van der Waals surface area contributed by atoms with Crippen molar-refractivity contribution in [3.05, 3.63) is 203 Å². The van der Waals surface area contributed by atoms with Gasteiger partial charge in [0.25, 0.3) is 0 Å². The summed E-state index contributed by atoms with van der Waals surface area (Å²) in [5, 5.41) is 34.0. The monoisotopic (exact) mass is 775 g/mol. The maximum atomic E-state index is 10.3. The molecule has 0 fully saturated rings. The molecule has 0 saturated carbocycles. The van der Waals surface area contributed by atoms with Gasteiger partial charge in [-0.25, -0.2) is 9.69 Å². The summed E-state index contributed by atoms with van der Waals surface area (Å²) in [6.45, 7) is 17.4. The third-order valence-electron chi connectivity index (χ3n) is 11.5. The number of rotatable bonds is 5. The van der Waals surface area contributed by atoms with E-state index in [1.54, 1.807) is 24.3 Å². The zero-order valence-electron chi connectivity index (χ0n) is 32.6. The molecule has 8 aromatic carbocycles. The normalized spacial score (nSPS) is 11.0. The molecule has 0 bridgehead atoms. The summed E-state index contributed by atoms with van der Waals surface area (Å²) in [6, 6.07) is 58.7. The lowest BCUT2D eigenvalue weighted by molar-refractivity contribution is 1.15. The first-order valence-electron chi connectivity index (χ1n) is 19.5. The van der Waals surface area contributed by atoms with E-state index in [-0.39, 0.29) is 0 Å². The van der Waals surface area contributed by atoms with Gasteiger partial charge in [0.1, 0.15) is 0 Å². The minimum Gasteiger partial charge on any atom is -0.309 e. The highest BCUT2D eigenvalue weighted by Crippen LogP contribution is 2.43. The van der Waals surface area contributed by atoms with Gasteiger partial charge in [-0.05, 0) is 108 Å². The number of benzene rings is 8. The molecule has 61 heavy (non-hydrogen) atoms. The van der Waals surface area contributed by atoms with Gasteiger partial charge in [0, 0.05) is 43.8 Å². The molecule has 0 aliphatic heterocycles. The lowest BCUT2D eigenvalue weighted by atomic mass is 9.97. The number of para-hydroxylation sites is 2. The highest BCUT2D eigenvalue weighted by molar-refractivity contribution is 6.13. The van der Waals surface area contributed by atoms with Crippen LogP contribution in [0, 0.1) is 54.1 Å². The van der Waals surface area contributed by atoms with Crippen LogP contribution in [0.2, 0.25) is 0 Å². The Balaban J connectivity index is 1.22. The van der Waals surface area contributed by atoms with E-state index in [9.17, 15) is 15.8 Å². The molecular weight excluding hydrogens is 747 g/mol. The van der Waals surface area contributed by atoms with Crippen molar-refractivity contribution in [3.63, 3.8) is 0 Å². The highest BCUT2D eigenvalue weighted by atomic mass is 15.0. The lowest BCUT2D eigenvalue weighted by Gasteiger charge is -2.19. The number of hydrogen-bond donors (Lipinski definition) is 0. The van der Waals surface area contributed by atoms with Crippen LogP contribution >= 0.6 is 0 Å². The standard InChI is InChI=1S/C54H29N7/c1-33-12-21-51(60-49-10-6-4-8-42(49)47-29-37(16-23-52(47)60)41-18-13-34(30-55)25-48(41)59-3)45(24-33)44-19-14-35(31-56)26-54(44)61-50-11-7-5-9-43(50)46-28-36(15-22-53(46)61)40-20-17-39(58-2)27-38(40)32-57/h4-29H,1H3. The van der Waals surface area contributed by atoms with Gasteiger partial charge < -0.3 is 9.13 Å². The van der Waals surface area contributed by atoms with Crippen molar-refractivity contribution in [1.29, 1.82) is 15.8 Å². The summed E-state index contributed by atoms with van der Waals surface area (Å²) >= 11 is 0. The average molecular weight is 776 g/mol. The van der Waals surface area contributed by atoms with Crippen molar-refractivity contribution in [1.82, 2.24) is 9.13 Å². The van der Waals surface area contributed by atoms with Crippen LogP contribution in [-0.4, -0.2) is 9.13 Å². The summed E-state index contributed by atoms with van der Waals surface area (Å²) in [5.74, 6) is 0. The first kappa shape index (κ1) is 36.2. The molecule has 0 unspecified atom stereocenters. The fourth-order valence-corrected chi connectivity index (χ4v) is 8.76. The van der Waals surface area contributed by atoms with Crippen molar-refractivity contribution in [2.45, 2.75) is 6.92 Å². The molecule has 7 nitrogen and oxygen atoms in total. The summed E-state index contributed by atoms with van der Waals surface area (Å²) < 4.78 is 4.53. The van der Waals surface area contributed by atoms with Crippen molar-refractivity contribution in [3.8, 4) is 63.0 Å². The van der Waals surface area contributed by atoms with Gasteiger partial charge >= 0.3 is 0 Å². The number of hydrogen-bond acceptors (Lipinski definition) is 3. The molecule has 0 N–H and O–H groups in total. The number of nitriles is 3. The molecule has 0 atom stereocenters. The average Bonchev–Trinajstić information content (AvgIpc) is 3.82. The molecule has 0 aliphatic carbocycles. The molecule has 10 rings (SSSR count). The lowest BCUT2D eigenvalue weighted by Crippen LogP contribution is -2.02. The maximum Gasteiger partial charge on any atom is 0.196 e. The first-order valence-corrected chi connectivity index (χ1v) is 19.5. The molecule has 2 aromatic heterocycles. The Hall–Kier alpha value is -9.19. The van der Waals surface area contributed by atoms with Gasteiger partial charge in [-0.15, -0.1) is 0 Å². The van der Waals surface area contributed by atoms with Gasteiger partial charge in [0.05, 0.1) is 70.4 Å². The van der Waals surface area contributed by atoms with Crippen LogP contribution in [0.5, 0.6) is 0 Å². The van der Waals surface area contributed by atoms with Crippen LogP contribution in [0.1, 0.15) is 22.3 Å². The van der Waals surface area contributed by atoms with Gasteiger partial charge in [-0.3, -0.25) is 0 Å². The quantitative estimate of drug-likeness (QED) is 0.163. The smallest absolute Gasteiger partial charge is 0.196 e. The second kappa shape index (κ2) is 14.3. The topological polar surface area (TPSA) is 89.9 Å². The Labute approximate surface area is 351 Å². The zero-order valence-corrected chi connectivity index (χ0v) is 32.6. The minimum atomic E-state index is 0.419. The number of aryl methyl sites for hydroxylation is 1. The third-order valence-corrected chi connectivity index (χ3v) is 11.5. The van der Waals surface area contributed by atoms with E-state index >= 15 is 0 Å². The summed E-state index contributed by atoms with van der Waals surface area (Å²) in [6.07, 6.45) is 0. The van der Waals surface area contributed by atoms with E-state index in [1.165, 1.54) is 0 Å². The van der Waals surface area contributed by atoms with Crippen LogP contribution in [0.3, 0.4) is 0 Å². The highest BCUT2D eigenvalue weighted by Gasteiger charge is 2.22. The van der Waals surface area contributed by atoms with Gasteiger partial charge in [-0.1, -0.05) is 84.4 Å². The molecule has 0 saturated heterocycles. The third kappa shape index (κ3) is 5.77. The van der Waals surface area contributed by atoms with Crippen molar-refractivity contribution >= 4 is 55.0 Å². The van der Waals surface area contributed by atoms with Gasteiger partial charge in [0.15, 0.2) is 11.4 Å². The Kier molecular flexibility index (Phi) is 8.49. The predicted octanol–water partition coefficient (Wildman–Crippen LogP) is 13.9. The molecule has 280 valence electrons. The van der Waals surface area contributed by atoms with Crippen LogP contribution in [-0.2, 0) is 0 Å². The predicted molar refractivity (Wildman–Crippen MR) is 243 cm³/mol. The van der Waals surface area contributed by atoms with E-state index in [4.69, 9.17) is 13.1 Å². The molecule has 0 radical (unpaired) electrons. The largest absolute Gasteiger partial charge is 0.309 e. The molecule has 10 aromatic rings. The second-order valence-electron chi connectivity index (χ2n) is 14.9. The molecular formula is C54H29N7. The zero-order chi connectivity index (χ0) is 41.8. The molecule has 2 heterocycles. The fourth-order valence-electron chi connectivity index (χ4n) is 8.76. The van der Waals surface area contributed by atoms with Gasteiger partial charge in [-0.2, -0.15) is 15.8 Å². The summed E-state index contributed by atoms with van der Waals surface area (Å²) in [7, 11) is 0. The van der Waals surface area contributed by atoms with Gasteiger partial charge in [0.2, 0.25) is 0 Å². The molecule has 0 spiro atoms. The van der Waals surface area contributed by atoms with Crippen LogP contribution in [0.4, 0.5) is 11.4 Å². The number of aromatic nitrogens is 2. The molecule has 0 amide bonds. The first-order chi connectivity index (χ1) is 29.9. The number of fused-ring (bicyclic) bond motifs is 6. The SMILES string of the molecule is [C-]#[N+]c1ccc(-c2ccc3c(c2)c2ccccc2n3-c2cc(C#N)ccc2-c2cc(C)ccc2-n2c3ccccc3c3cc(-c4ccc(C#N)cc4[N+]#[C-])ccc32)c(C#N)c1. The maximum absolute atomic E-state index is 10.3.